The molecule has 138 valence electrons. The summed E-state index contributed by atoms with van der Waals surface area (Å²) in [6.07, 6.45) is 1.60. The molecule has 2 aromatic carbocycles. The maximum absolute atomic E-state index is 12.1. The monoisotopic (exact) mass is 474 g/mol. The molecule has 0 bridgehead atoms. The van der Waals surface area contributed by atoms with Crippen LogP contribution in [0.4, 0.5) is 11.4 Å². The van der Waals surface area contributed by atoms with Gasteiger partial charge < -0.3 is 15.3 Å². The minimum Gasteiger partial charge on any atom is -0.494 e. The minimum absolute atomic E-state index is 0.171. The first kappa shape index (κ1) is 18.0. The Kier molecular flexibility index (Phi) is 5.13. The lowest BCUT2D eigenvalue weighted by atomic mass is 10.1. The summed E-state index contributed by atoms with van der Waals surface area (Å²) >= 11 is 2.19. The van der Waals surface area contributed by atoms with Crippen molar-refractivity contribution in [1.29, 1.82) is 0 Å². The molecule has 0 aliphatic carbocycles. The molecule has 0 atom stereocenters. The zero-order chi connectivity index (χ0) is 18.8. The van der Waals surface area contributed by atoms with Crippen molar-refractivity contribution in [2.75, 3.05) is 31.1 Å². The number of nitrogens with one attached hydrogen (secondary N) is 2. The first-order valence-electron chi connectivity index (χ1n) is 8.76. The fourth-order valence-corrected chi connectivity index (χ4v) is 3.74. The summed E-state index contributed by atoms with van der Waals surface area (Å²) in [4.78, 5) is 21.4. The number of benzene rings is 2. The van der Waals surface area contributed by atoms with E-state index in [4.69, 9.17) is 0 Å². The number of aliphatic imine (C=N–C) groups is 1. The number of hydrogen-bond donors (Lipinski definition) is 3. The van der Waals surface area contributed by atoms with Gasteiger partial charge in [0.25, 0.3) is 5.56 Å². The highest BCUT2D eigenvalue weighted by molar-refractivity contribution is 14.1. The topological polar surface area (TPSA) is 80.7 Å². The van der Waals surface area contributed by atoms with Crippen LogP contribution in [0, 0.1) is 3.57 Å². The zero-order valence-corrected chi connectivity index (χ0v) is 16.7. The van der Waals surface area contributed by atoms with Crippen LogP contribution in [0.25, 0.3) is 10.8 Å². The number of rotatable bonds is 3. The molecular formula is C20H19IN4O2. The van der Waals surface area contributed by atoms with Gasteiger partial charge in [-0.15, -0.1) is 0 Å². The Balaban J connectivity index is 1.65. The van der Waals surface area contributed by atoms with Gasteiger partial charge in [0.2, 0.25) is 5.88 Å². The molecule has 0 unspecified atom stereocenters. The summed E-state index contributed by atoms with van der Waals surface area (Å²) in [5, 5.41) is 14.8. The van der Waals surface area contributed by atoms with E-state index in [1.54, 1.807) is 12.3 Å². The van der Waals surface area contributed by atoms with E-state index in [1.165, 1.54) is 5.69 Å². The Bertz CT molecular complexity index is 1050. The average molecular weight is 474 g/mol. The van der Waals surface area contributed by atoms with Crippen molar-refractivity contribution in [2.45, 2.75) is 0 Å². The molecule has 0 saturated carbocycles. The fraction of sp³-hybridized carbons (Fsp3) is 0.200. The van der Waals surface area contributed by atoms with Gasteiger partial charge in [-0.05, 0) is 65.1 Å². The number of halogens is 1. The summed E-state index contributed by atoms with van der Waals surface area (Å²) in [7, 11) is 0. The van der Waals surface area contributed by atoms with Crippen molar-refractivity contribution in [3.8, 4) is 5.88 Å². The summed E-state index contributed by atoms with van der Waals surface area (Å²) in [5.41, 5.74) is 2.17. The zero-order valence-electron chi connectivity index (χ0n) is 14.6. The smallest absolute Gasteiger partial charge is 0.258 e. The Hall–Kier alpha value is -2.39. The number of hydrogen-bond acceptors (Lipinski definition) is 5. The molecule has 0 spiro atoms. The van der Waals surface area contributed by atoms with Gasteiger partial charge in [0.15, 0.2) is 0 Å². The number of fused-ring (bicyclic) bond motifs is 1. The van der Waals surface area contributed by atoms with E-state index in [-0.39, 0.29) is 11.4 Å². The lowest BCUT2D eigenvalue weighted by Gasteiger charge is -2.29. The van der Waals surface area contributed by atoms with Crippen LogP contribution in [0.1, 0.15) is 5.56 Å². The van der Waals surface area contributed by atoms with Crippen LogP contribution in [0.15, 0.2) is 52.3 Å². The second-order valence-corrected chi connectivity index (χ2v) is 7.66. The number of nitrogens with zero attached hydrogens (tertiary/aromatic N) is 2. The van der Waals surface area contributed by atoms with Crippen molar-refractivity contribution in [2.24, 2.45) is 4.99 Å². The van der Waals surface area contributed by atoms with Crippen molar-refractivity contribution in [3.05, 3.63) is 62.0 Å². The second-order valence-electron chi connectivity index (χ2n) is 6.42. The molecule has 1 fully saturated rings. The third-order valence-corrected chi connectivity index (χ3v) is 5.35. The standard InChI is InChI=1S/C20H19IN4O2/c21-13-1-6-16-17(11-13)18(20(27)24-19(16)26)12-23-14-2-4-15(5-3-14)25-9-7-22-8-10-25/h1-6,11-12,22H,7-10H2,(H2,24,26,27). The van der Waals surface area contributed by atoms with Gasteiger partial charge in [-0.2, -0.15) is 0 Å². The number of anilines is 1. The summed E-state index contributed by atoms with van der Waals surface area (Å²) in [6, 6.07) is 13.5. The van der Waals surface area contributed by atoms with Crippen LogP contribution >= 0.6 is 22.6 Å². The first-order valence-corrected chi connectivity index (χ1v) is 9.84. The second kappa shape index (κ2) is 7.69. The molecule has 1 aliphatic heterocycles. The highest BCUT2D eigenvalue weighted by atomic mass is 127. The molecule has 2 heterocycles. The molecule has 4 rings (SSSR count). The van der Waals surface area contributed by atoms with Gasteiger partial charge in [0, 0.05) is 52.4 Å². The Morgan fingerprint density at radius 2 is 1.81 bits per heavy atom. The quantitative estimate of drug-likeness (QED) is 0.403. The maximum atomic E-state index is 12.1. The van der Waals surface area contributed by atoms with Crippen LogP contribution in [0.3, 0.4) is 0 Å². The van der Waals surface area contributed by atoms with Crippen LogP contribution in [0.2, 0.25) is 0 Å². The lowest BCUT2D eigenvalue weighted by molar-refractivity contribution is 0.452. The molecule has 7 heteroatoms. The van der Waals surface area contributed by atoms with Crippen LogP contribution in [-0.2, 0) is 0 Å². The van der Waals surface area contributed by atoms with Gasteiger partial charge in [0.05, 0.1) is 11.3 Å². The highest BCUT2D eigenvalue weighted by Gasteiger charge is 2.11. The van der Waals surface area contributed by atoms with Crippen molar-refractivity contribution in [1.82, 2.24) is 10.3 Å². The molecule has 1 aromatic heterocycles. The van der Waals surface area contributed by atoms with Crippen LogP contribution in [0.5, 0.6) is 5.88 Å². The highest BCUT2D eigenvalue weighted by Crippen LogP contribution is 2.25. The van der Waals surface area contributed by atoms with E-state index < -0.39 is 0 Å². The minimum atomic E-state index is -0.309. The third-order valence-electron chi connectivity index (χ3n) is 4.68. The predicted molar refractivity (Wildman–Crippen MR) is 118 cm³/mol. The number of aromatic hydroxyl groups is 1. The molecule has 0 amide bonds. The van der Waals surface area contributed by atoms with E-state index in [9.17, 15) is 9.90 Å². The van der Waals surface area contributed by atoms with Crippen molar-refractivity contribution >= 4 is 51.0 Å². The molecule has 1 saturated heterocycles. The van der Waals surface area contributed by atoms with Gasteiger partial charge in [-0.25, -0.2) is 0 Å². The van der Waals surface area contributed by atoms with E-state index >= 15 is 0 Å². The van der Waals surface area contributed by atoms with Crippen molar-refractivity contribution in [3.63, 3.8) is 0 Å². The van der Waals surface area contributed by atoms with E-state index in [1.807, 2.05) is 24.3 Å². The summed E-state index contributed by atoms with van der Waals surface area (Å²) in [6.45, 7) is 3.99. The largest absolute Gasteiger partial charge is 0.494 e. The summed E-state index contributed by atoms with van der Waals surface area (Å²) < 4.78 is 0.986. The Morgan fingerprint density at radius 3 is 2.56 bits per heavy atom. The number of aromatic nitrogens is 1. The number of aromatic amines is 1. The number of H-pyrrole nitrogens is 1. The summed E-state index contributed by atoms with van der Waals surface area (Å²) in [5.74, 6) is -0.171. The molecular weight excluding hydrogens is 455 g/mol. The van der Waals surface area contributed by atoms with Crippen LogP contribution < -0.4 is 15.8 Å². The molecule has 1 aliphatic rings. The molecule has 3 N–H and O–H groups in total. The lowest BCUT2D eigenvalue weighted by Crippen LogP contribution is -2.43. The van der Waals surface area contributed by atoms with E-state index in [0.29, 0.717) is 16.3 Å². The Labute approximate surface area is 170 Å². The van der Waals surface area contributed by atoms with Gasteiger partial charge in [-0.1, -0.05) is 0 Å². The molecule has 6 nitrogen and oxygen atoms in total. The molecule has 27 heavy (non-hydrogen) atoms. The maximum Gasteiger partial charge on any atom is 0.258 e. The third kappa shape index (κ3) is 3.84. The Morgan fingerprint density at radius 1 is 1.07 bits per heavy atom. The normalized spacial score (nSPS) is 14.9. The SMILES string of the molecule is O=c1[nH]c(O)c(C=Nc2ccc(N3CCNCC3)cc2)c2cc(I)ccc12. The van der Waals surface area contributed by atoms with Gasteiger partial charge in [-0.3, -0.25) is 14.8 Å². The predicted octanol–water partition coefficient (Wildman–Crippen LogP) is 3.00. The average Bonchev–Trinajstić information content (AvgIpc) is 2.68. The number of piperazine rings is 1. The van der Waals surface area contributed by atoms with E-state index in [0.717, 1.165) is 35.4 Å². The number of pyridine rings is 1. The van der Waals surface area contributed by atoms with Gasteiger partial charge in [0.1, 0.15) is 0 Å². The van der Waals surface area contributed by atoms with Gasteiger partial charge >= 0.3 is 0 Å². The van der Waals surface area contributed by atoms with Crippen LogP contribution in [-0.4, -0.2) is 42.5 Å². The fourth-order valence-electron chi connectivity index (χ4n) is 3.25. The molecule has 0 radical (unpaired) electrons. The first-order chi connectivity index (χ1) is 13.1. The molecule has 3 aromatic rings. The van der Waals surface area contributed by atoms with E-state index in [2.05, 4.69) is 54.9 Å². The van der Waals surface area contributed by atoms with Crippen molar-refractivity contribution < 1.29 is 5.11 Å².